The Bertz CT molecular complexity index is 324. The van der Waals surface area contributed by atoms with E-state index in [0.29, 0.717) is 12.4 Å². The molecule has 0 saturated heterocycles. The summed E-state index contributed by atoms with van der Waals surface area (Å²) in [5.41, 5.74) is 0.0292. The highest BCUT2D eigenvalue weighted by Gasteiger charge is 2.05. The summed E-state index contributed by atoms with van der Waals surface area (Å²) in [5, 5.41) is 10.4. The van der Waals surface area contributed by atoms with Crippen LogP contribution in [0.4, 0.5) is 5.69 Å². The molecule has 0 aromatic heterocycles. The molecule has 1 aromatic rings. The summed E-state index contributed by atoms with van der Waals surface area (Å²) in [6.07, 6.45) is 1.58. The minimum atomic E-state index is -0.458. The fourth-order valence-electron chi connectivity index (χ4n) is 0.842. The van der Waals surface area contributed by atoms with Crippen LogP contribution >= 0.6 is 0 Å². The van der Waals surface area contributed by atoms with Gasteiger partial charge in [0.1, 0.15) is 12.4 Å². The minimum absolute atomic E-state index is 0.0292. The topological polar surface area (TPSA) is 52.4 Å². The monoisotopic (exact) mass is 239 g/mol. The largest absolute Gasteiger partial charge is 0.489 e. The van der Waals surface area contributed by atoms with Crippen molar-refractivity contribution in [2.24, 2.45) is 0 Å². The summed E-state index contributed by atoms with van der Waals surface area (Å²) in [5.74, 6) is 0.481. The lowest BCUT2D eigenvalue weighted by Gasteiger charge is -2.01. The van der Waals surface area contributed by atoms with Gasteiger partial charge in [0, 0.05) is 6.07 Å². The first kappa shape index (κ1) is 17.6. The fraction of sp³-hybridized carbons (Fsp3) is 0.385. The molecule has 4 nitrogen and oxygen atoms in total. The van der Waals surface area contributed by atoms with Crippen molar-refractivity contribution in [2.75, 3.05) is 6.61 Å². The third kappa shape index (κ3) is 8.02. The van der Waals surface area contributed by atoms with Crippen molar-refractivity contribution in [2.45, 2.75) is 27.7 Å². The van der Waals surface area contributed by atoms with Crippen LogP contribution in [0.15, 0.2) is 36.9 Å². The van der Waals surface area contributed by atoms with E-state index in [-0.39, 0.29) is 5.69 Å². The summed E-state index contributed by atoms with van der Waals surface area (Å²) in [6, 6.07) is 6.04. The van der Waals surface area contributed by atoms with Crippen molar-refractivity contribution in [3.8, 4) is 5.75 Å². The third-order valence-electron chi connectivity index (χ3n) is 1.40. The van der Waals surface area contributed by atoms with E-state index in [4.69, 9.17) is 4.74 Å². The van der Waals surface area contributed by atoms with Gasteiger partial charge in [-0.15, -0.1) is 0 Å². The number of rotatable bonds is 4. The highest BCUT2D eigenvalue weighted by molar-refractivity contribution is 5.37. The first-order valence-electron chi connectivity index (χ1n) is 5.72. The molecule has 0 radical (unpaired) electrons. The Morgan fingerprint density at radius 2 is 1.94 bits per heavy atom. The van der Waals surface area contributed by atoms with Gasteiger partial charge in [0.2, 0.25) is 0 Å². The smallest absolute Gasteiger partial charge is 0.273 e. The maximum absolute atomic E-state index is 10.4. The lowest BCUT2D eigenvalue weighted by atomic mass is 10.3. The minimum Gasteiger partial charge on any atom is -0.489 e. The molecule has 1 rings (SSSR count). The van der Waals surface area contributed by atoms with E-state index in [1.165, 1.54) is 12.1 Å². The van der Waals surface area contributed by atoms with Crippen LogP contribution in [-0.2, 0) is 0 Å². The normalized spacial score (nSPS) is 7.76. The Kier molecular flexibility index (Phi) is 12.6. The second kappa shape index (κ2) is 12.2. The molecule has 1 aromatic carbocycles. The van der Waals surface area contributed by atoms with Gasteiger partial charge in [-0.25, -0.2) is 0 Å². The third-order valence-corrected chi connectivity index (χ3v) is 1.40. The SMILES string of the molecule is C=CCOc1cccc([N+](=O)[O-])c1.CC.CC. The van der Waals surface area contributed by atoms with E-state index < -0.39 is 4.92 Å². The van der Waals surface area contributed by atoms with Crippen molar-refractivity contribution < 1.29 is 9.66 Å². The van der Waals surface area contributed by atoms with Crippen molar-refractivity contribution >= 4 is 5.69 Å². The molecule has 0 aliphatic carbocycles. The molecule has 0 saturated carbocycles. The molecule has 0 bridgehead atoms. The Balaban J connectivity index is 0. The van der Waals surface area contributed by atoms with E-state index in [2.05, 4.69) is 6.58 Å². The van der Waals surface area contributed by atoms with Crippen LogP contribution in [-0.4, -0.2) is 11.5 Å². The number of hydrogen-bond donors (Lipinski definition) is 0. The predicted octanol–water partition coefficient (Wildman–Crippen LogP) is 4.21. The van der Waals surface area contributed by atoms with Crippen molar-refractivity contribution in [1.29, 1.82) is 0 Å². The van der Waals surface area contributed by atoms with Gasteiger partial charge >= 0.3 is 0 Å². The fourth-order valence-corrected chi connectivity index (χ4v) is 0.842. The Labute approximate surface area is 103 Å². The second-order valence-corrected chi connectivity index (χ2v) is 2.35. The summed E-state index contributed by atoms with van der Waals surface area (Å²) in [6.45, 7) is 11.8. The first-order valence-corrected chi connectivity index (χ1v) is 5.72. The molecule has 0 aliphatic rings. The average Bonchev–Trinajstić information content (AvgIpc) is 2.41. The average molecular weight is 239 g/mol. The zero-order valence-electron chi connectivity index (χ0n) is 11.0. The van der Waals surface area contributed by atoms with E-state index in [9.17, 15) is 10.1 Å². The molecule has 0 unspecified atom stereocenters. The van der Waals surface area contributed by atoms with Crippen LogP contribution in [0.1, 0.15) is 27.7 Å². The van der Waals surface area contributed by atoms with Gasteiger partial charge in [0.15, 0.2) is 0 Å². The van der Waals surface area contributed by atoms with Crippen LogP contribution in [0.5, 0.6) is 5.75 Å². The van der Waals surface area contributed by atoms with Crippen molar-refractivity contribution in [3.05, 3.63) is 47.0 Å². The molecular weight excluding hydrogens is 218 g/mol. The molecule has 0 spiro atoms. The van der Waals surface area contributed by atoms with Crippen LogP contribution in [0.25, 0.3) is 0 Å². The number of non-ortho nitro benzene ring substituents is 1. The maximum atomic E-state index is 10.4. The van der Waals surface area contributed by atoms with Gasteiger partial charge in [0.25, 0.3) is 5.69 Å². The molecule has 96 valence electrons. The number of nitro groups is 1. The maximum Gasteiger partial charge on any atom is 0.273 e. The van der Waals surface area contributed by atoms with Crippen molar-refractivity contribution in [1.82, 2.24) is 0 Å². The van der Waals surface area contributed by atoms with Crippen LogP contribution < -0.4 is 4.74 Å². The first-order chi connectivity index (χ1) is 8.24. The molecule has 4 heteroatoms. The molecule has 0 fully saturated rings. The van der Waals surface area contributed by atoms with Gasteiger partial charge in [-0.2, -0.15) is 0 Å². The summed E-state index contributed by atoms with van der Waals surface area (Å²) >= 11 is 0. The number of nitrogens with zero attached hydrogens (tertiary/aromatic N) is 1. The van der Waals surface area contributed by atoms with E-state index in [1.807, 2.05) is 27.7 Å². The number of hydrogen-bond acceptors (Lipinski definition) is 3. The van der Waals surface area contributed by atoms with Crippen LogP contribution in [0.3, 0.4) is 0 Å². The second-order valence-electron chi connectivity index (χ2n) is 2.35. The molecule has 0 heterocycles. The molecular formula is C13H21NO3. The Morgan fingerprint density at radius 3 is 2.41 bits per heavy atom. The molecule has 0 N–H and O–H groups in total. The quantitative estimate of drug-likeness (QED) is 0.449. The number of ether oxygens (including phenoxy) is 1. The van der Waals surface area contributed by atoms with E-state index >= 15 is 0 Å². The van der Waals surface area contributed by atoms with Crippen molar-refractivity contribution in [3.63, 3.8) is 0 Å². The lowest BCUT2D eigenvalue weighted by Crippen LogP contribution is -1.94. The van der Waals surface area contributed by atoms with Crippen LogP contribution in [0, 0.1) is 10.1 Å². The molecule has 17 heavy (non-hydrogen) atoms. The predicted molar refractivity (Wildman–Crippen MR) is 71.5 cm³/mol. The van der Waals surface area contributed by atoms with Gasteiger partial charge in [-0.3, -0.25) is 10.1 Å². The van der Waals surface area contributed by atoms with Crippen LogP contribution in [0.2, 0.25) is 0 Å². The number of nitro benzene ring substituents is 1. The molecule has 0 aliphatic heterocycles. The Hall–Kier alpha value is -1.84. The van der Waals surface area contributed by atoms with E-state index in [1.54, 1.807) is 18.2 Å². The highest BCUT2D eigenvalue weighted by atomic mass is 16.6. The van der Waals surface area contributed by atoms with Gasteiger partial charge < -0.3 is 4.74 Å². The summed E-state index contributed by atoms with van der Waals surface area (Å²) < 4.78 is 5.12. The molecule has 0 amide bonds. The van der Waals surface area contributed by atoms with Gasteiger partial charge in [-0.1, -0.05) is 46.4 Å². The summed E-state index contributed by atoms with van der Waals surface area (Å²) in [7, 11) is 0. The lowest BCUT2D eigenvalue weighted by molar-refractivity contribution is -0.384. The standard InChI is InChI=1S/C9H9NO3.2C2H6/c1-2-6-13-9-5-3-4-8(7-9)10(11)12;2*1-2/h2-5,7H,1,6H2;2*1-2H3. The zero-order chi connectivity index (χ0) is 13.7. The highest BCUT2D eigenvalue weighted by Crippen LogP contribution is 2.18. The zero-order valence-corrected chi connectivity index (χ0v) is 11.0. The number of benzene rings is 1. The van der Waals surface area contributed by atoms with Gasteiger partial charge in [-0.05, 0) is 6.07 Å². The van der Waals surface area contributed by atoms with E-state index in [0.717, 1.165) is 0 Å². The van der Waals surface area contributed by atoms with Gasteiger partial charge in [0.05, 0.1) is 11.0 Å². The molecule has 0 atom stereocenters. The summed E-state index contributed by atoms with van der Waals surface area (Å²) in [4.78, 5) is 9.90. The Morgan fingerprint density at radius 1 is 1.35 bits per heavy atom.